The Labute approximate surface area is 465 Å². The molecule has 0 rings (SSSR count). The summed E-state index contributed by atoms with van der Waals surface area (Å²) in [6.45, 7) is 4.49. The highest BCUT2D eigenvalue weighted by atomic mass is 31.2. The molecule has 0 aliphatic heterocycles. The third kappa shape index (κ3) is 55.7. The van der Waals surface area contributed by atoms with Crippen molar-refractivity contribution < 1.29 is 52.2 Å². The summed E-state index contributed by atoms with van der Waals surface area (Å²) in [5, 5.41) is 9.83. The van der Waals surface area contributed by atoms with Crippen LogP contribution in [0.1, 0.15) is 278 Å². The fourth-order valence-corrected chi connectivity index (χ4v) is 9.23. The summed E-state index contributed by atoms with van der Waals surface area (Å²) in [5.41, 5.74) is 0. The van der Waals surface area contributed by atoms with E-state index in [0.29, 0.717) is 25.7 Å². The molecule has 440 valence electrons. The van der Waals surface area contributed by atoms with Crippen LogP contribution in [0, 0.1) is 0 Å². The van der Waals surface area contributed by atoms with E-state index in [9.17, 15) is 28.9 Å². The van der Waals surface area contributed by atoms with Crippen molar-refractivity contribution in [1.29, 1.82) is 0 Å². The molecule has 0 fully saturated rings. The predicted octanol–water partition coefficient (Wildman–Crippen LogP) is 18.5. The first kappa shape index (κ1) is 72.9. The van der Waals surface area contributed by atoms with Crippen LogP contribution >= 0.6 is 7.82 Å². The van der Waals surface area contributed by atoms with Gasteiger partial charge < -0.3 is 24.2 Å². The molecule has 0 amide bonds. The molecule has 12 heteroatoms. The summed E-state index contributed by atoms with van der Waals surface area (Å²) in [7, 11) is -4.77. The number of aliphatic hydroxyl groups is 1. The average molecular weight is 1090 g/mol. The molecule has 0 aromatic carbocycles. The van der Waals surface area contributed by atoms with Crippen LogP contribution in [-0.2, 0) is 42.2 Å². The molecule has 0 saturated heterocycles. The van der Waals surface area contributed by atoms with E-state index in [1.54, 1.807) is 0 Å². The van der Waals surface area contributed by atoms with Gasteiger partial charge in [-0.15, -0.1) is 0 Å². The van der Waals surface area contributed by atoms with Crippen molar-refractivity contribution in [3.8, 4) is 0 Å². The first-order valence-electron chi connectivity index (χ1n) is 30.8. The maximum Gasteiger partial charge on any atom is 0.472 e. The van der Waals surface area contributed by atoms with Gasteiger partial charge in [0.2, 0.25) is 0 Å². The number of phosphoric ester groups is 1. The van der Waals surface area contributed by atoms with E-state index in [-0.39, 0.29) is 25.9 Å². The molecule has 3 atom stereocenters. The summed E-state index contributed by atoms with van der Waals surface area (Å²) in [6.07, 6.45) is 65.8. The Balaban J connectivity index is 4.78. The van der Waals surface area contributed by atoms with Crippen LogP contribution in [-0.4, -0.2) is 66.5 Å². The van der Waals surface area contributed by atoms with Crippen LogP contribution in [0.2, 0.25) is 0 Å². The fourth-order valence-electron chi connectivity index (χ4n) is 8.45. The van der Waals surface area contributed by atoms with Gasteiger partial charge in [0.1, 0.15) is 12.7 Å². The largest absolute Gasteiger partial charge is 0.472 e. The maximum atomic E-state index is 12.9. The third-order valence-electron chi connectivity index (χ3n) is 13.1. The summed E-state index contributed by atoms with van der Waals surface area (Å²) in [4.78, 5) is 48.6. The molecular formula is C64H113O11P. The van der Waals surface area contributed by atoms with Crippen molar-refractivity contribution in [3.05, 3.63) is 72.9 Å². The Morgan fingerprint density at radius 1 is 0.382 bits per heavy atom. The van der Waals surface area contributed by atoms with Gasteiger partial charge in [0.15, 0.2) is 6.10 Å². The monoisotopic (exact) mass is 1090 g/mol. The number of unbranched alkanes of at least 4 members (excludes halogenated alkanes) is 28. The summed E-state index contributed by atoms with van der Waals surface area (Å²) < 4.78 is 39.5. The highest BCUT2D eigenvalue weighted by Crippen LogP contribution is 2.43. The molecule has 0 heterocycles. The SMILES string of the molecule is CC/C=C\C/C=C\C/C=C\C/C=C\C/C=C\CCCC(=O)OC(COC(=O)CCCCCCCCCCCCCCCCCCC)COP(=O)(O)OCC(CO)OC(=O)CCCCCCC/C=C\CCCCCCCC. The molecule has 0 aromatic heterocycles. The standard InChI is InChI=1S/C64H113O11P/c1-4-7-10-13-16-19-22-25-28-30-33-35-38-41-44-47-50-53-62(66)71-57-61(75-64(68)55-52-49-46-43-40-37-34-31-29-26-23-20-17-14-11-8-5-2)59-73-76(69,70)72-58-60(56-65)74-63(67)54-51-48-45-42-39-36-32-27-24-21-18-15-12-9-6-3/h8,11,17,20,26-27,29,32,34,37,43,46,60-61,65H,4-7,9-10,12-16,18-19,21-25,28,30-31,33,35-36,38-42,44-45,47-59H2,1-3H3,(H,69,70)/b11-8-,20-17-,29-26-,32-27-,37-34-,46-43-. The minimum Gasteiger partial charge on any atom is -0.462 e. The lowest BCUT2D eigenvalue weighted by Crippen LogP contribution is -2.30. The Morgan fingerprint density at radius 2 is 0.697 bits per heavy atom. The third-order valence-corrected chi connectivity index (χ3v) is 14.1. The number of ether oxygens (including phenoxy) is 3. The van der Waals surface area contributed by atoms with Gasteiger partial charge >= 0.3 is 25.7 Å². The van der Waals surface area contributed by atoms with Gasteiger partial charge in [-0.3, -0.25) is 23.4 Å². The molecule has 0 bridgehead atoms. The van der Waals surface area contributed by atoms with E-state index in [2.05, 4.69) is 87.6 Å². The van der Waals surface area contributed by atoms with Crippen molar-refractivity contribution in [2.75, 3.05) is 26.4 Å². The van der Waals surface area contributed by atoms with Crippen molar-refractivity contribution in [2.24, 2.45) is 0 Å². The molecule has 0 aliphatic rings. The van der Waals surface area contributed by atoms with E-state index in [1.165, 1.54) is 122 Å². The van der Waals surface area contributed by atoms with Crippen molar-refractivity contribution >= 4 is 25.7 Å². The Hall–Kier alpha value is -3.08. The number of carbonyl (C=O) groups excluding carboxylic acids is 3. The zero-order valence-electron chi connectivity index (χ0n) is 48.7. The lowest BCUT2D eigenvalue weighted by atomic mass is 10.0. The second-order valence-electron chi connectivity index (χ2n) is 20.5. The number of allylic oxidation sites excluding steroid dienone is 12. The van der Waals surface area contributed by atoms with Crippen LogP contribution in [0.4, 0.5) is 0 Å². The number of phosphoric acid groups is 1. The van der Waals surface area contributed by atoms with E-state index >= 15 is 0 Å². The van der Waals surface area contributed by atoms with E-state index in [0.717, 1.165) is 89.9 Å². The van der Waals surface area contributed by atoms with Crippen molar-refractivity contribution in [3.63, 3.8) is 0 Å². The van der Waals surface area contributed by atoms with E-state index in [1.807, 2.05) is 6.08 Å². The second kappa shape index (κ2) is 58.1. The fraction of sp³-hybridized carbons (Fsp3) is 0.766. The predicted molar refractivity (Wildman–Crippen MR) is 316 cm³/mol. The summed E-state index contributed by atoms with van der Waals surface area (Å²) in [6, 6.07) is 0. The van der Waals surface area contributed by atoms with E-state index in [4.69, 9.17) is 23.3 Å². The molecule has 0 aliphatic carbocycles. The molecule has 3 unspecified atom stereocenters. The van der Waals surface area contributed by atoms with Crippen LogP contribution in [0.25, 0.3) is 0 Å². The van der Waals surface area contributed by atoms with Crippen LogP contribution in [0.15, 0.2) is 72.9 Å². The van der Waals surface area contributed by atoms with Gasteiger partial charge in [-0.25, -0.2) is 4.57 Å². The molecule has 76 heavy (non-hydrogen) atoms. The van der Waals surface area contributed by atoms with Gasteiger partial charge in [0.25, 0.3) is 0 Å². The number of carbonyl (C=O) groups is 3. The normalized spacial score (nSPS) is 13.8. The highest BCUT2D eigenvalue weighted by molar-refractivity contribution is 7.47. The highest BCUT2D eigenvalue weighted by Gasteiger charge is 2.28. The van der Waals surface area contributed by atoms with Gasteiger partial charge in [-0.2, -0.15) is 0 Å². The Kier molecular flexibility index (Phi) is 55.7. The molecule has 2 N–H and O–H groups in total. The quantitative estimate of drug-likeness (QED) is 0.0197. The Bertz CT molecular complexity index is 1550. The zero-order valence-corrected chi connectivity index (χ0v) is 49.6. The van der Waals surface area contributed by atoms with Crippen LogP contribution in [0.5, 0.6) is 0 Å². The van der Waals surface area contributed by atoms with Crippen LogP contribution in [0.3, 0.4) is 0 Å². The molecule has 11 nitrogen and oxygen atoms in total. The number of aliphatic hydroxyl groups excluding tert-OH is 1. The summed E-state index contributed by atoms with van der Waals surface area (Å²) >= 11 is 0. The topological polar surface area (TPSA) is 155 Å². The summed E-state index contributed by atoms with van der Waals surface area (Å²) in [5.74, 6) is -1.53. The minimum atomic E-state index is -4.77. The van der Waals surface area contributed by atoms with Gasteiger partial charge in [0, 0.05) is 19.3 Å². The zero-order chi connectivity index (χ0) is 55.5. The van der Waals surface area contributed by atoms with Crippen molar-refractivity contribution in [2.45, 2.75) is 290 Å². The van der Waals surface area contributed by atoms with Gasteiger partial charge in [0.05, 0.1) is 19.8 Å². The van der Waals surface area contributed by atoms with Gasteiger partial charge in [-0.1, -0.05) is 248 Å². The van der Waals surface area contributed by atoms with Gasteiger partial charge in [-0.05, 0) is 83.5 Å². The lowest BCUT2D eigenvalue weighted by Gasteiger charge is -2.21. The first-order chi connectivity index (χ1) is 37.2. The number of hydrogen-bond donors (Lipinski definition) is 2. The molecule has 0 saturated carbocycles. The van der Waals surface area contributed by atoms with E-state index < -0.39 is 57.8 Å². The average Bonchev–Trinajstić information content (AvgIpc) is 3.41. The first-order valence-corrected chi connectivity index (χ1v) is 32.3. The lowest BCUT2D eigenvalue weighted by molar-refractivity contribution is -0.161. The molecule has 0 spiro atoms. The number of rotatable bonds is 57. The molecule has 0 aromatic rings. The Morgan fingerprint density at radius 3 is 1.12 bits per heavy atom. The number of hydrogen-bond acceptors (Lipinski definition) is 10. The van der Waals surface area contributed by atoms with Crippen LogP contribution < -0.4 is 0 Å². The molecular weight excluding hydrogens is 976 g/mol. The molecule has 0 radical (unpaired) electrons. The smallest absolute Gasteiger partial charge is 0.462 e. The minimum absolute atomic E-state index is 0.0891. The van der Waals surface area contributed by atoms with Crippen molar-refractivity contribution in [1.82, 2.24) is 0 Å². The maximum absolute atomic E-state index is 12.9. The second-order valence-corrected chi connectivity index (χ2v) is 21.9. The number of esters is 3.